The average Bonchev–Trinajstić information content (AvgIpc) is 2.83. The smallest absolute Gasteiger partial charge is 0.281 e. The number of amides is 1. The molecule has 1 aliphatic heterocycles. The van der Waals surface area contributed by atoms with E-state index in [9.17, 15) is 4.79 Å². The number of nitrogens with zero attached hydrogens (tertiary/aromatic N) is 1. The van der Waals surface area contributed by atoms with Crippen molar-refractivity contribution in [1.29, 1.82) is 0 Å². The zero-order chi connectivity index (χ0) is 17.3. The summed E-state index contributed by atoms with van der Waals surface area (Å²) >= 11 is 11.6. The zero-order valence-electron chi connectivity index (χ0n) is 13.5. The van der Waals surface area contributed by atoms with Gasteiger partial charge in [0.05, 0.1) is 10.7 Å². The fraction of sp³-hybridized carbons (Fsp3) is 0.158. The average molecular weight is 357 g/mol. The molecule has 0 spiro atoms. The van der Waals surface area contributed by atoms with Crippen molar-refractivity contribution >= 4 is 46.6 Å². The number of aryl methyl sites for hydroxylation is 2. The largest absolute Gasteiger partial charge is 0.327 e. The van der Waals surface area contributed by atoms with E-state index >= 15 is 0 Å². The Labute approximate surface area is 151 Å². The lowest BCUT2D eigenvalue weighted by atomic mass is 10.1. The molecule has 0 aliphatic carbocycles. The third-order valence-electron chi connectivity index (χ3n) is 3.92. The van der Waals surface area contributed by atoms with Crippen LogP contribution in [0.25, 0.3) is 6.08 Å². The van der Waals surface area contributed by atoms with Gasteiger partial charge in [0.2, 0.25) is 0 Å². The minimum absolute atomic E-state index is 0.203. The highest BCUT2D eigenvalue weighted by atomic mass is 35.5. The summed E-state index contributed by atoms with van der Waals surface area (Å²) in [5.41, 5.74) is 4.27. The number of rotatable bonds is 3. The van der Waals surface area contributed by atoms with E-state index < -0.39 is 0 Å². The molecule has 0 bridgehead atoms. The van der Waals surface area contributed by atoms with Gasteiger partial charge in [-0.15, -0.1) is 0 Å². The first-order valence-electron chi connectivity index (χ1n) is 7.72. The summed E-state index contributed by atoms with van der Waals surface area (Å²) in [4.78, 5) is 14.2. The van der Waals surface area contributed by atoms with Crippen molar-refractivity contribution in [2.75, 3.05) is 4.90 Å². The van der Waals surface area contributed by atoms with Crippen LogP contribution < -0.4 is 10.2 Å². The second-order valence-electron chi connectivity index (χ2n) is 5.68. The number of benzene rings is 2. The lowest BCUT2D eigenvalue weighted by Crippen LogP contribution is -2.30. The number of nitrogens with one attached hydrogen (secondary N) is 1. The van der Waals surface area contributed by atoms with Crippen LogP contribution in [0.4, 0.5) is 5.69 Å². The van der Waals surface area contributed by atoms with Crippen LogP contribution in [0.2, 0.25) is 5.02 Å². The molecular formula is C19H17ClN2OS. The van der Waals surface area contributed by atoms with Gasteiger partial charge in [-0.25, -0.2) is 0 Å². The fourth-order valence-corrected chi connectivity index (χ4v) is 3.17. The second kappa shape index (κ2) is 6.75. The van der Waals surface area contributed by atoms with Gasteiger partial charge >= 0.3 is 0 Å². The molecule has 1 saturated heterocycles. The molecule has 2 aromatic rings. The number of hydrogen-bond acceptors (Lipinski definition) is 2. The van der Waals surface area contributed by atoms with Gasteiger partial charge in [0, 0.05) is 0 Å². The Bertz CT molecular complexity index is 843. The van der Waals surface area contributed by atoms with Crippen molar-refractivity contribution in [3.63, 3.8) is 0 Å². The minimum atomic E-state index is -0.203. The molecule has 3 rings (SSSR count). The van der Waals surface area contributed by atoms with Crippen LogP contribution in [-0.2, 0) is 11.2 Å². The molecule has 0 aromatic heterocycles. The number of thiocarbonyl (C=S) groups is 1. The van der Waals surface area contributed by atoms with Crippen LogP contribution in [0.3, 0.4) is 0 Å². The van der Waals surface area contributed by atoms with Gasteiger partial charge in [-0.2, -0.15) is 0 Å². The van der Waals surface area contributed by atoms with Gasteiger partial charge in [0.15, 0.2) is 5.11 Å². The second-order valence-corrected chi connectivity index (χ2v) is 6.47. The van der Waals surface area contributed by atoms with Crippen LogP contribution >= 0.6 is 23.8 Å². The SMILES string of the molecule is CCc1ccc(/C=C2/NC(=S)N(c3ccc(C)cc3Cl)C2=O)cc1. The summed E-state index contributed by atoms with van der Waals surface area (Å²) in [5, 5.41) is 3.82. The Kier molecular flexibility index (Phi) is 4.69. The Balaban J connectivity index is 1.92. The maximum atomic E-state index is 12.7. The van der Waals surface area contributed by atoms with Gasteiger partial charge in [-0.1, -0.05) is 48.9 Å². The fourth-order valence-electron chi connectivity index (χ4n) is 2.56. The first-order chi connectivity index (χ1) is 11.5. The molecule has 3 nitrogen and oxygen atoms in total. The summed E-state index contributed by atoms with van der Waals surface area (Å²) in [5.74, 6) is -0.203. The Morgan fingerprint density at radius 2 is 1.92 bits per heavy atom. The highest BCUT2D eigenvalue weighted by Gasteiger charge is 2.33. The van der Waals surface area contributed by atoms with Gasteiger partial charge in [0.1, 0.15) is 5.70 Å². The van der Waals surface area contributed by atoms with Crippen molar-refractivity contribution in [2.24, 2.45) is 0 Å². The summed E-state index contributed by atoms with van der Waals surface area (Å²) in [6, 6.07) is 13.6. The van der Waals surface area contributed by atoms with E-state index in [2.05, 4.69) is 24.4 Å². The number of anilines is 1. The monoisotopic (exact) mass is 356 g/mol. The molecular weight excluding hydrogens is 340 g/mol. The zero-order valence-corrected chi connectivity index (χ0v) is 15.0. The van der Waals surface area contributed by atoms with Crippen LogP contribution in [0, 0.1) is 6.92 Å². The van der Waals surface area contributed by atoms with Crippen LogP contribution in [0.15, 0.2) is 48.2 Å². The van der Waals surface area contributed by atoms with Crippen molar-refractivity contribution in [3.8, 4) is 0 Å². The number of halogens is 1. The summed E-state index contributed by atoms with van der Waals surface area (Å²) in [6.07, 6.45) is 2.79. The summed E-state index contributed by atoms with van der Waals surface area (Å²) in [7, 11) is 0. The molecule has 122 valence electrons. The lowest BCUT2D eigenvalue weighted by Gasteiger charge is -2.16. The van der Waals surface area contributed by atoms with E-state index in [4.69, 9.17) is 23.8 Å². The third kappa shape index (κ3) is 3.21. The molecule has 1 amide bonds. The molecule has 0 unspecified atom stereocenters. The van der Waals surface area contributed by atoms with Crippen LogP contribution in [0.1, 0.15) is 23.6 Å². The van der Waals surface area contributed by atoms with E-state index in [-0.39, 0.29) is 5.91 Å². The first kappa shape index (κ1) is 16.7. The Hall–Kier alpha value is -2.17. The standard InChI is InChI=1S/C19H17ClN2OS/c1-3-13-5-7-14(8-6-13)11-16-18(23)22(19(24)21-16)17-9-4-12(2)10-15(17)20/h4-11H,3H2,1-2H3,(H,21,24)/b16-11+. The van der Waals surface area contributed by atoms with Gasteiger partial charge in [-0.05, 0) is 60.5 Å². The van der Waals surface area contributed by atoms with Gasteiger partial charge < -0.3 is 5.32 Å². The third-order valence-corrected chi connectivity index (χ3v) is 4.51. The molecule has 1 fully saturated rings. The molecule has 0 atom stereocenters. The van der Waals surface area contributed by atoms with E-state index in [1.807, 2.05) is 37.3 Å². The molecule has 2 aromatic carbocycles. The molecule has 5 heteroatoms. The maximum Gasteiger partial charge on any atom is 0.281 e. The molecule has 1 N–H and O–H groups in total. The highest BCUT2D eigenvalue weighted by molar-refractivity contribution is 7.80. The Morgan fingerprint density at radius 1 is 1.21 bits per heavy atom. The predicted molar refractivity (Wildman–Crippen MR) is 103 cm³/mol. The van der Waals surface area contributed by atoms with E-state index in [1.54, 1.807) is 6.08 Å². The first-order valence-corrected chi connectivity index (χ1v) is 8.50. The lowest BCUT2D eigenvalue weighted by molar-refractivity contribution is -0.113. The van der Waals surface area contributed by atoms with Crippen molar-refractivity contribution in [2.45, 2.75) is 20.3 Å². The van der Waals surface area contributed by atoms with Crippen LogP contribution in [-0.4, -0.2) is 11.0 Å². The normalized spacial score (nSPS) is 16.0. The van der Waals surface area contributed by atoms with Crippen molar-refractivity contribution in [1.82, 2.24) is 5.32 Å². The Morgan fingerprint density at radius 3 is 2.54 bits per heavy atom. The van der Waals surface area contributed by atoms with Gasteiger partial charge in [0.25, 0.3) is 5.91 Å². The van der Waals surface area contributed by atoms with Crippen molar-refractivity contribution < 1.29 is 4.79 Å². The summed E-state index contributed by atoms with van der Waals surface area (Å²) < 4.78 is 0. The predicted octanol–water partition coefficient (Wildman–Crippen LogP) is 4.47. The van der Waals surface area contributed by atoms with E-state index in [0.717, 1.165) is 17.5 Å². The maximum absolute atomic E-state index is 12.7. The topological polar surface area (TPSA) is 32.3 Å². The van der Waals surface area contributed by atoms with Crippen LogP contribution in [0.5, 0.6) is 0 Å². The number of carbonyl (C=O) groups excluding carboxylic acids is 1. The number of carbonyl (C=O) groups is 1. The molecule has 0 radical (unpaired) electrons. The highest BCUT2D eigenvalue weighted by Crippen LogP contribution is 2.30. The molecule has 0 saturated carbocycles. The molecule has 1 heterocycles. The molecule has 1 aliphatic rings. The van der Waals surface area contributed by atoms with E-state index in [0.29, 0.717) is 21.5 Å². The minimum Gasteiger partial charge on any atom is -0.327 e. The van der Waals surface area contributed by atoms with Crippen molar-refractivity contribution in [3.05, 3.63) is 69.9 Å². The van der Waals surface area contributed by atoms with Gasteiger partial charge in [-0.3, -0.25) is 9.69 Å². The quantitative estimate of drug-likeness (QED) is 0.650. The summed E-state index contributed by atoms with van der Waals surface area (Å²) in [6.45, 7) is 4.06. The number of hydrogen-bond donors (Lipinski definition) is 1. The molecule has 24 heavy (non-hydrogen) atoms. The van der Waals surface area contributed by atoms with E-state index in [1.165, 1.54) is 10.5 Å².